The summed E-state index contributed by atoms with van der Waals surface area (Å²) in [7, 11) is -3.60. The van der Waals surface area contributed by atoms with E-state index in [4.69, 9.17) is 14.6 Å². The molecule has 9 heteroatoms. The van der Waals surface area contributed by atoms with E-state index in [9.17, 15) is 13.2 Å². The number of rotatable bonds is 7. The van der Waals surface area contributed by atoms with Crippen LogP contribution >= 0.6 is 11.8 Å². The first-order valence-electron chi connectivity index (χ1n) is 10.3. The molecule has 1 unspecified atom stereocenters. The zero-order valence-corrected chi connectivity index (χ0v) is 19.5. The monoisotopic (exact) mass is 485 g/mol. The van der Waals surface area contributed by atoms with Crippen LogP contribution in [0.4, 0.5) is 4.79 Å². The number of carboxylic acid groups (broad SMARTS) is 1. The van der Waals surface area contributed by atoms with Crippen molar-refractivity contribution in [2.45, 2.75) is 23.7 Å². The summed E-state index contributed by atoms with van der Waals surface area (Å²) in [5, 5.41) is 8.80. The van der Waals surface area contributed by atoms with Gasteiger partial charge in [0.05, 0.1) is 10.1 Å². The molecule has 33 heavy (non-hydrogen) atoms. The van der Waals surface area contributed by atoms with Crippen LogP contribution in [-0.4, -0.2) is 32.0 Å². The van der Waals surface area contributed by atoms with Crippen molar-refractivity contribution in [3.8, 4) is 11.5 Å². The molecular formula is C24H23NO6S2. The number of aryl methyl sites for hydroxylation is 1. The molecule has 172 valence electrons. The van der Waals surface area contributed by atoms with Gasteiger partial charge in [0.1, 0.15) is 18.1 Å². The van der Waals surface area contributed by atoms with Gasteiger partial charge in [0.2, 0.25) is 10.0 Å². The number of hydrogen-bond donors (Lipinski definition) is 2. The predicted octanol–water partition coefficient (Wildman–Crippen LogP) is 4.75. The molecule has 3 aromatic rings. The molecule has 0 amide bonds. The van der Waals surface area contributed by atoms with Crippen molar-refractivity contribution < 1.29 is 27.8 Å². The summed E-state index contributed by atoms with van der Waals surface area (Å²) < 4.78 is 38.6. The molecule has 2 N–H and O–H groups in total. The van der Waals surface area contributed by atoms with Crippen LogP contribution in [0.25, 0.3) is 0 Å². The number of fused-ring (bicyclic) bond motifs is 2. The maximum absolute atomic E-state index is 12.6. The van der Waals surface area contributed by atoms with Crippen LogP contribution < -0.4 is 14.2 Å². The van der Waals surface area contributed by atoms with Gasteiger partial charge < -0.3 is 14.6 Å². The van der Waals surface area contributed by atoms with E-state index in [1.807, 2.05) is 31.2 Å². The van der Waals surface area contributed by atoms with Crippen LogP contribution in [0, 0.1) is 6.92 Å². The Kier molecular flexibility index (Phi) is 6.92. The van der Waals surface area contributed by atoms with Gasteiger partial charge in [-0.2, -0.15) is 0 Å². The molecule has 1 aliphatic heterocycles. The van der Waals surface area contributed by atoms with Gasteiger partial charge in [-0.3, -0.25) is 0 Å². The number of hydrogen-bond acceptors (Lipinski definition) is 6. The van der Waals surface area contributed by atoms with E-state index in [2.05, 4.69) is 4.72 Å². The summed E-state index contributed by atoms with van der Waals surface area (Å²) in [5.74, 6) is 1.34. The predicted molar refractivity (Wildman–Crippen MR) is 127 cm³/mol. The van der Waals surface area contributed by atoms with Gasteiger partial charge in [-0.15, -0.1) is 11.8 Å². The Labute approximate surface area is 196 Å². The van der Waals surface area contributed by atoms with E-state index in [1.54, 1.807) is 54.2 Å². The Morgan fingerprint density at radius 2 is 1.88 bits per heavy atom. The van der Waals surface area contributed by atoms with Crippen LogP contribution in [0.15, 0.2) is 71.6 Å². The van der Waals surface area contributed by atoms with E-state index < -0.39 is 16.2 Å². The second kappa shape index (κ2) is 9.86. The van der Waals surface area contributed by atoms with Crippen molar-refractivity contribution in [1.82, 2.24) is 4.72 Å². The van der Waals surface area contributed by atoms with E-state index >= 15 is 0 Å². The smallest absolute Gasteiger partial charge is 0.489 e. The second-order valence-corrected chi connectivity index (χ2v) is 10.5. The number of nitrogens with one attached hydrogen (secondary N) is 1. The van der Waals surface area contributed by atoms with Gasteiger partial charge in [0.15, 0.2) is 0 Å². The number of ether oxygens (including phenoxy) is 2. The third-order valence-corrected chi connectivity index (χ3v) is 7.96. The van der Waals surface area contributed by atoms with Crippen molar-refractivity contribution in [3.05, 3.63) is 89.0 Å². The fourth-order valence-electron chi connectivity index (χ4n) is 3.60. The third-order valence-electron chi connectivity index (χ3n) is 5.20. The summed E-state index contributed by atoms with van der Waals surface area (Å²) in [5.41, 5.74) is 3.83. The minimum absolute atomic E-state index is 0.181. The molecule has 0 radical (unpaired) electrons. The van der Waals surface area contributed by atoms with E-state index in [0.717, 1.165) is 22.3 Å². The van der Waals surface area contributed by atoms with Crippen molar-refractivity contribution in [3.63, 3.8) is 0 Å². The molecule has 1 heterocycles. The fourth-order valence-corrected chi connectivity index (χ4v) is 5.99. The average molecular weight is 486 g/mol. The first kappa shape index (κ1) is 23.2. The standard InChI is InChI=1S/C24H23NO6S2/c1-16-6-9-19(10-7-16)33(28,29)25-12-13-32-23-20-5-3-2-4-17(20)15-30-22-11-8-18(14-21(22)23)31-24(26)27/h2-11,14,23,25H,12-13,15H2,1H3,(H,26,27). The second-order valence-electron chi connectivity index (χ2n) is 7.52. The molecule has 1 atom stereocenters. The van der Waals surface area contributed by atoms with Gasteiger partial charge in [-0.05, 0) is 48.4 Å². The highest BCUT2D eigenvalue weighted by molar-refractivity contribution is 7.99. The normalized spacial score (nSPS) is 15.0. The maximum atomic E-state index is 12.6. The lowest BCUT2D eigenvalue weighted by atomic mass is 10.00. The third kappa shape index (κ3) is 5.50. The molecule has 0 aromatic heterocycles. The first-order chi connectivity index (χ1) is 15.8. The lowest BCUT2D eigenvalue weighted by Gasteiger charge is -2.19. The van der Waals surface area contributed by atoms with Crippen molar-refractivity contribution in [2.75, 3.05) is 12.3 Å². The SMILES string of the molecule is Cc1ccc(S(=O)(=O)NCCSC2c3ccccc3COc3ccc(OC(=O)O)cc32)cc1. The highest BCUT2D eigenvalue weighted by atomic mass is 32.2. The van der Waals surface area contributed by atoms with Gasteiger partial charge in [0, 0.05) is 17.9 Å². The van der Waals surface area contributed by atoms with Gasteiger partial charge >= 0.3 is 6.16 Å². The fraction of sp³-hybridized carbons (Fsp3) is 0.208. The van der Waals surface area contributed by atoms with Crippen LogP contribution in [-0.2, 0) is 16.6 Å². The highest BCUT2D eigenvalue weighted by Crippen LogP contribution is 2.45. The van der Waals surface area contributed by atoms with Crippen molar-refractivity contribution in [1.29, 1.82) is 0 Å². The minimum Gasteiger partial charge on any atom is -0.489 e. The summed E-state index contributed by atoms with van der Waals surface area (Å²) in [6, 6.07) is 19.5. The first-order valence-corrected chi connectivity index (χ1v) is 12.8. The summed E-state index contributed by atoms with van der Waals surface area (Å²) in [6.07, 6.45) is -1.39. The molecule has 1 aliphatic rings. The number of carbonyl (C=O) groups is 1. The Hall–Kier alpha value is -3.01. The zero-order chi connectivity index (χ0) is 23.4. The molecule has 0 fully saturated rings. The lowest BCUT2D eigenvalue weighted by Crippen LogP contribution is -2.26. The Morgan fingerprint density at radius 1 is 1.12 bits per heavy atom. The molecule has 0 spiro atoms. The number of sulfonamides is 1. The molecule has 0 saturated heterocycles. The quantitative estimate of drug-likeness (QED) is 0.283. The van der Waals surface area contributed by atoms with Gasteiger partial charge in [-0.25, -0.2) is 17.9 Å². The summed E-state index contributed by atoms with van der Waals surface area (Å²) in [6.45, 7) is 2.53. The molecule has 0 bridgehead atoms. The highest BCUT2D eigenvalue weighted by Gasteiger charge is 2.26. The average Bonchev–Trinajstić information content (AvgIpc) is 2.93. The summed E-state index contributed by atoms with van der Waals surface area (Å²) in [4.78, 5) is 11.2. The van der Waals surface area contributed by atoms with Crippen LogP contribution in [0.3, 0.4) is 0 Å². The van der Waals surface area contributed by atoms with Crippen LogP contribution in [0.2, 0.25) is 0 Å². The van der Waals surface area contributed by atoms with Crippen LogP contribution in [0.1, 0.15) is 27.5 Å². The largest absolute Gasteiger partial charge is 0.511 e. The van der Waals surface area contributed by atoms with Gasteiger partial charge in [-0.1, -0.05) is 42.0 Å². The van der Waals surface area contributed by atoms with Crippen molar-refractivity contribution in [2.24, 2.45) is 0 Å². The van der Waals surface area contributed by atoms with E-state index in [0.29, 0.717) is 18.1 Å². The molecule has 7 nitrogen and oxygen atoms in total. The molecular weight excluding hydrogens is 462 g/mol. The number of benzene rings is 3. The Balaban J connectivity index is 1.54. The minimum atomic E-state index is -3.60. The van der Waals surface area contributed by atoms with Crippen molar-refractivity contribution >= 4 is 27.9 Å². The molecule has 0 saturated carbocycles. The lowest BCUT2D eigenvalue weighted by molar-refractivity contribution is 0.144. The Morgan fingerprint density at radius 3 is 2.64 bits per heavy atom. The Bertz CT molecular complexity index is 1260. The molecule has 0 aliphatic carbocycles. The van der Waals surface area contributed by atoms with Gasteiger partial charge in [0.25, 0.3) is 0 Å². The molecule has 3 aromatic carbocycles. The molecule has 4 rings (SSSR count). The maximum Gasteiger partial charge on any atom is 0.511 e. The zero-order valence-electron chi connectivity index (χ0n) is 17.9. The van der Waals surface area contributed by atoms with Crippen LogP contribution in [0.5, 0.6) is 11.5 Å². The topological polar surface area (TPSA) is 102 Å². The van der Waals surface area contributed by atoms with E-state index in [-0.39, 0.29) is 22.4 Å². The van der Waals surface area contributed by atoms with E-state index in [1.165, 1.54) is 0 Å². The number of thioether (sulfide) groups is 1. The summed E-state index contributed by atoms with van der Waals surface area (Å²) >= 11 is 1.55.